The Labute approximate surface area is 139 Å². The second-order valence-corrected chi connectivity index (χ2v) is 6.55. The Kier molecular flexibility index (Phi) is 4.57. The summed E-state index contributed by atoms with van der Waals surface area (Å²) in [6.45, 7) is 1.47. The quantitative estimate of drug-likeness (QED) is 0.882. The molecule has 2 amide bonds. The molecule has 1 aliphatic rings. The highest BCUT2D eigenvalue weighted by Crippen LogP contribution is 2.24. The maximum atomic E-state index is 12.4. The van der Waals surface area contributed by atoms with E-state index in [1.54, 1.807) is 47.8 Å². The Balaban J connectivity index is 1.67. The minimum Gasteiger partial charge on any atom is -0.366 e. The van der Waals surface area contributed by atoms with Crippen molar-refractivity contribution in [3.63, 3.8) is 0 Å². The smallest absolute Gasteiger partial charge is 0.248 e. The molecule has 0 aliphatic carbocycles. The van der Waals surface area contributed by atoms with Gasteiger partial charge in [-0.05, 0) is 53.6 Å². The van der Waals surface area contributed by atoms with Crippen molar-refractivity contribution in [1.82, 2.24) is 4.90 Å². The number of carbonyl (C=O) groups is 2. The molecule has 2 N–H and O–H groups in total. The Morgan fingerprint density at radius 3 is 2.70 bits per heavy atom. The zero-order valence-electron chi connectivity index (χ0n) is 12.7. The van der Waals surface area contributed by atoms with Gasteiger partial charge in [0.05, 0.1) is 0 Å². The predicted octanol–water partition coefficient (Wildman–Crippen LogP) is 2.84. The largest absolute Gasteiger partial charge is 0.366 e. The molecule has 4 nitrogen and oxygen atoms in total. The van der Waals surface area contributed by atoms with Crippen LogP contribution in [0.15, 0.2) is 41.8 Å². The van der Waals surface area contributed by atoms with Crippen LogP contribution in [0.5, 0.6) is 0 Å². The van der Waals surface area contributed by atoms with Crippen molar-refractivity contribution < 1.29 is 9.59 Å². The van der Waals surface area contributed by atoms with Crippen LogP contribution in [0.1, 0.15) is 32.8 Å². The molecular formula is C18H18N2O2S. The lowest BCUT2D eigenvalue weighted by molar-refractivity contribution is -0.126. The van der Waals surface area contributed by atoms with E-state index in [1.165, 1.54) is 10.4 Å². The molecule has 0 spiro atoms. The maximum absolute atomic E-state index is 12.4. The third-order valence-electron chi connectivity index (χ3n) is 3.96. The van der Waals surface area contributed by atoms with Crippen LogP contribution in [0.3, 0.4) is 0 Å². The number of fused-ring (bicyclic) bond motifs is 1. The van der Waals surface area contributed by atoms with Crippen molar-refractivity contribution in [1.29, 1.82) is 0 Å². The minimum absolute atomic E-state index is 0.0167. The molecule has 0 saturated heterocycles. The Morgan fingerprint density at radius 2 is 1.96 bits per heavy atom. The van der Waals surface area contributed by atoms with Crippen molar-refractivity contribution in [2.24, 2.45) is 5.73 Å². The average molecular weight is 326 g/mol. The van der Waals surface area contributed by atoms with Crippen molar-refractivity contribution in [2.45, 2.75) is 19.4 Å². The molecule has 1 aliphatic heterocycles. The molecule has 0 atom stereocenters. The Morgan fingerprint density at radius 1 is 1.17 bits per heavy atom. The first-order chi connectivity index (χ1) is 11.1. The van der Waals surface area contributed by atoms with E-state index in [0.717, 1.165) is 24.9 Å². The lowest BCUT2D eigenvalue weighted by Gasteiger charge is -2.18. The molecule has 0 bridgehead atoms. The lowest BCUT2D eigenvalue weighted by atomic mass is 10.1. The van der Waals surface area contributed by atoms with E-state index in [4.69, 9.17) is 5.73 Å². The highest BCUT2D eigenvalue weighted by molar-refractivity contribution is 7.10. The highest BCUT2D eigenvalue weighted by Gasteiger charge is 2.17. The lowest BCUT2D eigenvalue weighted by Crippen LogP contribution is -2.28. The number of primary amides is 1. The summed E-state index contributed by atoms with van der Waals surface area (Å²) < 4.78 is 0. The van der Waals surface area contributed by atoms with Gasteiger partial charge < -0.3 is 10.6 Å². The van der Waals surface area contributed by atoms with Crippen molar-refractivity contribution in [3.05, 3.63) is 63.4 Å². The molecule has 1 aromatic carbocycles. The number of amides is 2. The first kappa shape index (κ1) is 15.5. The number of hydrogen-bond donors (Lipinski definition) is 1. The van der Waals surface area contributed by atoms with E-state index in [-0.39, 0.29) is 5.91 Å². The zero-order valence-corrected chi connectivity index (χ0v) is 13.5. The van der Waals surface area contributed by atoms with E-state index in [2.05, 4.69) is 11.4 Å². The Hall–Kier alpha value is -2.40. The number of thiophene rings is 1. The summed E-state index contributed by atoms with van der Waals surface area (Å²) in [7, 11) is 0. The van der Waals surface area contributed by atoms with Gasteiger partial charge in [-0.2, -0.15) is 0 Å². The molecule has 118 valence electrons. The normalized spacial score (nSPS) is 14.5. The van der Waals surface area contributed by atoms with Crippen LogP contribution < -0.4 is 5.73 Å². The van der Waals surface area contributed by atoms with Crippen LogP contribution in [-0.4, -0.2) is 23.3 Å². The van der Waals surface area contributed by atoms with Gasteiger partial charge >= 0.3 is 0 Å². The van der Waals surface area contributed by atoms with Crippen LogP contribution in [0.2, 0.25) is 0 Å². The summed E-state index contributed by atoms with van der Waals surface area (Å²) in [5.74, 6) is -0.434. The molecule has 2 heterocycles. The van der Waals surface area contributed by atoms with Gasteiger partial charge in [0.1, 0.15) is 0 Å². The first-order valence-corrected chi connectivity index (χ1v) is 8.43. The second-order valence-electron chi connectivity index (χ2n) is 5.55. The summed E-state index contributed by atoms with van der Waals surface area (Å²) in [5, 5.41) is 2.09. The summed E-state index contributed by atoms with van der Waals surface area (Å²) in [6.07, 6.45) is 5.42. The van der Waals surface area contributed by atoms with Gasteiger partial charge in [0.2, 0.25) is 11.8 Å². The summed E-state index contributed by atoms with van der Waals surface area (Å²) >= 11 is 1.77. The molecule has 0 saturated carbocycles. The first-order valence-electron chi connectivity index (χ1n) is 7.55. The second kappa shape index (κ2) is 6.79. The fraction of sp³-hybridized carbons (Fsp3) is 0.222. The van der Waals surface area contributed by atoms with E-state index in [0.29, 0.717) is 12.1 Å². The van der Waals surface area contributed by atoms with E-state index < -0.39 is 5.91 Å². The topological polar surface area (TPSA) is 63.4 Å². The van der Waals surface area contributed by atoms with Crippen molar-refractivity contribution in [3.8, 4) is 0 Å². The van der Waals surface area contributed by atoms with Gasteiger partial charge in [0.15, 0.2) is 0 Å². The number of hydrogen-bond acceptors (Lipinski definition) is 3. The molecule has 5 heteroatoms. The molecule has 23 heavy (non-hydrogen) atoms. The van der Waals surface area contributed by atoms with E-state index in [9.17, 15) is 9.59 Å². The number of carbonyl (C=O) groups excluding carboxylic acids is 2. The van der Waals surface area contributed by atoms with Gasteiger partial charge in [0.25, 0.3) is 0 Å². The Bertz CT molecular complexity index is 747. The highest BCUT2D eigenvalue weighted by atomic mass is 32.1. The van der Waals surface area contributed by atoms with Crippen LogP contribution >= 0.6 is 11.3 Å². The average Bonchev–Trinajstić information content (AvgIpc) is 2.89. The maximum Gasteiger partial charge on any atom is 0.248 e. The number of aryl methyl sites for hydroxylation is 1. The molecule has 1 aromatic heterocycles. The zero-order chi connectivity index (χ0) is 16.2. The summed E-state index contributed by atoms with van der Waals surface area (Å²) in [4.78, 5) is 26.7. The number of benzene rings is 1. The van der Waals surface area contributed by atoms with Gasteiger partial charge in [-0.3, -0.25) is 9.59 Å². The molecule has 0 radical (unpaired) electrons. The van der Waals surface area contributed by atoms with Crippen LogP contribution in [0, 0.1) is 0 Å². The monoisotopic (exact) mass is 326 g/mol. The van der Waals surface area contributed by atoms with Gasteiger partial charge in [0, 0.05) is 29.6 Å². The van der Waals surface area contributed by atoms with Gasteiger partial charge in [-0.15, -0.1) is 11.3 Å². The van der Waals surface area contributed by atoms with E-state index >= 15 is 0 Å². The van der Waals surface area contributed by atoms with Crippen molar-refractivity contribution >= 4 is 29.2 Å². The molecule has 0 fully saturated rings. The fourth-order valence-electron chi connectivity index (χ4n) is 2.66. The standard InChI is InChI=1S/C18H18N2O2S/c19-18(22)14-6-3-13(4-7-14)5-8-17(21)20-10-1-2-16-15(12-20)9-11-23-16/h3-9,11H,1-2,10,12H2,(H2,19,22). The SMILES string of the molecule is NC(=O)c1ccc(C=CC(=O)N2CCCc3sccc3C2)cc1. The number of nitrogens with zero attached hydrogens (tertiary/aromatic N) is 1. The van der Waals surface area contributed by atoms with Gasteiger partial charge in [-0.25, -0.2) is 0 Å². The fourth-order valence-corrected chi connectivity index (χ4v) is 3.60. The van der Waals surface area contributed by atoms with Crippen LogP contribution in [0.4, 0.5) is 0 Å². The van der Waals surface area contributed by atoms with Crippen molar-refractivity contribution in [2.75, 3.05) is 6.54 Å². The third kappa shape index (κ3) is 3.68. The van der Waals surface area contributed by atoms with Crippen LogP contribution in [-0.2, 0) is 17.8 Å². The van der Waals surface area contributed by atoms with Crippen LogP contribution in [0.25, 0.3) is 6.08 Å². The minimum atomic E-state index is -0.451. The van der Waals surface area contributed by atoms with E-state index in [1.807, 2.05) is 4.90 Å². The van der Waals surface area contributed by atoms with Gasteiger partial charge in [-0.1, -0.05) is 12.1 Å². The molecular weight excluding hydrogens is 308 g/mol. The number of nitrogens with two attached hydrogens (primary N) is 1. The summed E-state index contributed by atoms with van der Waals surface area (Å²) in [6, 6.07) is 9.00. The molecule has 0 unspecified atom stereocenters. The molecule has 3 rings (SSSR count). The molecule has 2 aromatic rings. The predicted molar refractivity (Wildman–Crippen MR) is 92.1 cm³/mol. The number of rotatable bonds is 3. The third-order valence-corrected chi connectivity index (χ3v) is 4.98. The summed E-state index contributed by atoms with van der Waals surface area (Å²) in [5.41, 5.74) is 7.81.